The fourth-order valence-corrected chi connectivity index (χ4v) is 3.11. The fraction of sp³-hybridized carbons (Fsp3) is 0.700. The summed E-state index contributed by atoms with van der Waals surface area (Å²) in [6, 6.07) is 0. The Kier molecular flexibility index (Phi) is 1.90. The Balaban J connectivity index is 1.96. The summed E-state index contributed by atoms with van der Waals surface area (Å²) in [5, 5.41) is 3.17. The summed E-state index contributed by atoms with van der Waals surface area (Å²) in [4.78, 5) is 5.87. The van der Waals surface area contributed by atoms with Crippen molar-refractivity contribution in [2.45, 2.75) is 24.4 Å². The number of fused-ring (bicyclic) bond motifs is 2. The van der Waals surface area contributed by atoms with Gasteiger partial charge in [-0.25, -0.2) is 4.98 Å². The van der Waals surface area contributed by atoms with Crippen molar-refractivity contribution in [2.75, 3.05) is 20.2 Å². The zero-order valence-corrected chi connectivity index (χ0v) is 9.06. The lowest BCUT2D eigenvalue weighted by molar-refractivity contribution is 0.0247. The molecule has 2 aliphatic rings. The van der Waals surface area contributed by atoms with Crippen molar-refractivity contribution in [3.05, 3.63) is 16.1 Å². The van der Waals surface area contributed by atoms with Gasteiger partial charge in [0.1, 0.15) is 6.10 Å². The SMILES string of the molecule is CNC[C@H]1OCC2(CC2)c2ncsc21. The molecule has 0 unspecified atom stereocenters. The summed E-state index contributed by atoms with van der Waals surface area (Å²) < 4.78 is 5.89. The first kappa shape index (κ1) is 8.83. The molecule has 1 atom stereocenters. The maximum Gasteiger partial charge on any atom is 0.106 e. The van der Waals surface area contributed by atoms with Gasteiger partial charge in [0.25, 0.3) is 0 Å². The van der Waals surface area contributed by atoms with Crippen molar-refractivity contribution in [2.24, 2.45) is 0 Å². The number of hydrogen-bond donors (Lipinski definition) is 1. The molecule has 1 N–H and O–H groups in total. The van der Waals surface area contributed by atoms with E-state index in [4.69, 9.17) is 4.74 Å². The molecule has 1 aromatic rings. The highest BCUT2D eigenvalue weighted by Gasteiger charge is 2.51. The zero-order valence-electron chi connectivity index (χ0n) is 8.25. The number of rotatable bonds is 2. The topological polar surface area (TPSA) is 34.1 Å². The predicted octanol–water partition coefficient (Wildman–Crippen LogP) is 1.47. The molecule has 1 spiro atoms. The van der Waals surface area contributed by atoms with Crippen LogP contribution in [-0.2, 0) is 10.2 Å². The number of hydrogen-bond acceptors (Lipinski definition) is 4. The second kappa shape index (κ2) is 3.02. The minimum Gasteiger partial charge on any atom is -0.370 e. The molecule has 0 aromatic carbocycles. The van der Waals surface area contributed by atoms with Gasteiger partial charge in [0, 0.05) is 12.0 Å². The smallest absolute Gasteiger partial charge is 0.106 e. The minimum atomic E-state index is 0.230. The molecule has 1 aliphatic heterocycles. The van der Waals surface area contributed by atoms with E-state index in [1.807, 2.05) is 12.6 Å². The maximum atomic E-state index is 5.89. The minimum absolute atomic E-state index is 0.230. The molecule has 14 heavy (non-hydrogen) atoms. The lowest BCUT2D eigenvalue weighted by Crippen LogP contribution is -2.30. The van der Waals surface area contributed by atoms with Gasteiger partial charge in [-0.05, 0) is 19.9 Å². The van der Waals surface area contributed by atoms with Crippen LogP contribution in [-0.4, -0.2) is 25.2 Å². The zero-order chi connectivity index (χ0) is 9.60. The molecule has 0 bridgehead atoms. The number of nitrogens with one attached hydrogen (secondary N) is 1. The normalized spacial score (nSPS) is 27.6. The van der Waals surface area contributed by atoms with Gasteiger partial charge in [0.15, 0.2) is 0 Å². The monoisotopic (exact) mass is 210 g/mol. The third-order valence-corrected chi connectivity index (χ3v) is 4.11. The van der Waals surface area contributed by atoms with Crippen LogP contribution in [0, 0.1) is 0 Å². The molecule has 1 aromatic heterocycles. The fourth-order valence-electron chi connectivity index (χ4n) is 2.16. The molecule has 0 saturated heterocycles. The Bertz CT molecular complexity index is 346. The maximum absolute atomic E-state index is 5.89. The second-order valence-electron chi connectivity index (χ2n) is 4.20. The first-order chi connectivity index (χ1) is 6.86. The van der Waals surface area contributed by atoms with Crippen molar-refractivity contribution >= 4 is 11.3 Å². The molecule has 3 rings (SSSR count). The van der Waals surface area contributed by atoms with Gasteiger partial charge in [-0.3, -0.25) is 0 Å². The Morgan fingerprint density at radius 2 is 2.57 bits per heavy atom. The lowest BCUT2D eigenvalue weighted by Gasteiger charge is -2.28. The number of nitrogens with zero attached hydrogens (tertiary/aromatic N) is 1. The Morgan fingerprint density at radius 3 is 3.29 bits per heavy atom. The van der Waals surface area contributed by atoms with Crippen LogP contribution in [0.1, 0.15) is 29.5 Å². The summed E-state index contributed by atoms with van der Waals surface area (Å²) in [6.07, 6.45) is 2.75. The first-order valence-electron chi connectivity index (χ1n) is 5.06. The predicted molar refractivity (Wildman–Crippen MR) is 55.6 cm³/mol. The molecule has 4 heteroatoms. The number of likely N-dealkylation sites (N-methyl/N-ethyl adjacent to an activating group) is 1. The summed E-state index contributed by atoms with van der Waals surface area (Å²) in [7, 11) is 1.96. The van der Waals surface area contributed by atoms with Crippen LogP contribution < -0.4 is 5.32 Å². The van der Waals surface area contributed by atoms with Gasteiger partial charge in [-0.2, -0.15) is 0 Å². The van der Waals surface area contributed by atoms with Crippen LogP contribution >= 0.6 is 11.3 Å². The third-order valence-electron chi connectivity index (χ3n) is 3.19. The van der Waals surface area contributed by atoms with Gasteiger partial charge in [0.05, 0.1) is 22.7 Å². The summed E-state index contributed by atoms with van der Waals surface area (Å²) in [6.45, 7) is 1.77. The Labute approximate surface area is 87.5 Å². The van der Waals surface area contributed by atoms with Gasteiger partial charge in [-0.15, -0.1) is 11.3 Å². The molecule has 2 heterocycles. The van der Waals surface area contributed by atoms with E-state index < -0.39 is 0 Å². The van der Waals surface area contributed by atoms with E-state index in [0.29, 0.717) is 5.41 Å². The average Bonchev–Trinajstić information content (AvgIpc) is 2.78. The Hall–Kier alpha value is -0.450. The van der Waals surface area contributed by atoms with E-state index in [-0.39, 0.29) is 6.10 Å². The van der Waals surface area contributed by atoms with Gasteiger partial charge >= 0.3 is 0 Å². The van der Waals surface area contributed by atoms with Crippen LogP contribution in [0.2, 0.25) is 0 Å². The molecular weight excluding hydrogens is 196 g/mol. The third kappa shape index (κ3) is 1.14. The number of aromatic nitrogens is 1. The average molecular weight is 210 g/mol. The van der Waals surface area contributed by atoms with Crippen LogP contribution in [0.5, 0.6) is 0 Å². The highest BCUT2D eigenvalue weighted by Crippen LogP contribution is 2.54. The van der Waals surface area contributed by atoms with E-state index >= 15 is 0 Å². The molecule has 0 radical (unpaired) electrons. The highest BCUT2D eigenvalue weighted by molar-refractivity contribution is 7.09. The number of thiazole rings is 1. The number of ether oxygens (including phenoxy) is 1. The lowest BCUT2D eigenvalue weighted by atomic mass is 9.98. The standard InChI is InChI=1S/C10H14N2OS/c1-11-4-7-8-9(12-6-14-8)10(2-3-10)5-13-7/h6-7,11H,2-5H2,1H3/t7-/m1/s1. The molecule has 1 fully saturated rings. The van der Waals surface area contributed by atoms with Crippen molar-refractivity contribution in [1.82, 2.24) is 10.3 Å². The summed E-state index contributed by atoms with van der Waals surface area (Å²) >= 11 is 1.74. The van der Waals surface area contributed by atoms with Crippen LogP contribution in [0.15, 0.2) is 5.51 Å². The largest absolute Gasteiger partial charge is 0.370 e. The van der Waals surface area contributed by atoms with Gasteiger partial charge < -0.3 is 10.1 Å². The van der Waals surface area contributed by atoms with Gasteiger partial charge in [0.2, 0.25) is 0 Å². The molecule has 76 valence electrons. The first-order valence-corrected chi connectivity index (χ1v) is 5.94. The summed E-state index contributed by atoms with van der Waals surface area (Å²) in [5.41, 5.74) is 3.61. The Morgan fingerprint density at radius 1 is 1.71 bits per heavy atom. The van der Waals surface area contributed by atoms with Crippen molar-refractivity contribution < 1.29 is 4.74 Å². The van der Waals surface area contributed by atoms with E-state index in [1.54, 1.807) is 11.3 Å². The van der Waals surface area contributed by atoms with Crippen molar-refractivity contribution in [3.63, 3.8) is 0 Å². The molecule has 1 saturated carbocycles. The van der Waals surface area contributed by atoms with Crippen LogP contribution in [0.25, 0.3) is 0 Å². The van der Waals surface area contributed by atoms with Gasteiger partial charge in [-0.1, -0.05) is 0 Å². The highest BCUT2D eigenvalue weighted by atomic mass is 32.1. The van der Waals surface area contributed by atoms with Crippen molar-refractivity contribution in [3.8, 4) is 0 Å². The molecule has 3 nitrogen and oxygen atoms in total. The quantitative estimate of drug-likeness (QED) is 0.802. The van der Waals surface area contributed by atoms with Crippen molar-refractivity contribution in [1.29, 1.82) is 0 Å². The van der Waals surface area contributed by atoms with Crippen LogP contribution in [0.3, 0.4) is 0 Å². The molecule has 0 amide bonds. The summed E-state index contributed by atoms with van der Waals surface area (Å²) in [5.74, 6) is 0. The van der Waals surface area contributed by atoms with Crippen LogP contribution in [0.4, 0.5) is 0 Å². The van der Waals surface area contributed by atoms with E-state index in [2.05, 4.69) is 10.3 Å². The molecule has 1 aliphatic carbocycles. The van der Waals surface area contributed by atoms with E-state index in [0.717, 1.165) is 13.2 Å². The van der Waals surface area contributed by atoms with E-state index in [9.17, 15) is 0 Å². The van der Waals surface area contributed by atoms with E-state index in [1.165, 1.54) is 23.4 Å². The molecular formula is C10H14N2OS. The second-order valence-corrected chi connectivity index (χ2v) is 5.09.